The molecular weight excluding hydrogens is 458 g/mol. The molecule has 146 valence electrons. The fourth-order valence-corrected chi connectivity index (χ4v) is 5.00. The Balaban J connectivity index is 1.63. The molecule has 0 fully saturated rings. The van der Waals surface area contributed by atoms with Crippen LogP contribution in [0, 0.1) is 11.3 Å². The number of thiophene rings is 1. The summed E-state index contributed by atoms with van der Waals surface area (Å²) in [6.45, 7) is 2.74. The second-order valence-corrected chi connectivity index (χ2v) is 8.80. The van der Waals surface area contributed by atoms with E-state index < -0.39 is 0 Å². The maximum atomic E-state index is 12.5. The van der Waals surface area contributed by atoms with Gasteiger partial charge in [0.05, 0.1) is 16.6 Å². The number of aryl methyl sites for hydroxylation is 1. The van der Waals surface area contributed by atoms with Gasteiger partial charge in [-0.15, -0.1) is 11.3 Å². The van der Waals surface area contributed by atoms with Crippen LogP contribution >= 0.6 is 39.5 Å². The molecule has 1 aromatic carbocycles. The number of benzene rings is 1. The Kier molecular flexibility index (Phi) is 7.05. The number of carbonyl (C=O) groups excluding carboxylic acids is 1. The molecule has 1 amide bonds. The number of anilines is 1. The van der Waals surface area contributed by atoms with Crippen molar-refractivity contribution in [2.45, 2.75) is 39.0 Å². The van der Waals surface area contributed by atoms with Crippen LogP contribution in [0.4, 0.5) is 5.00 Å². The van der Waals surface area contributed by atoms with Gasteiger partial charge >= 0.3 is 0 Å². The first-order chi connectivity index (χ1) is 13.5. The zero-order valence-corrected chi connectivity index (χ0v) is 18.7. The largest absolute Gasteiger partial charge is 0.492 e. The third-order valence-electron chi connectivity index (χ3n) is 4.44. The van der Waals surface area contributed by atoms with Crippen LogP contribution < -0.4 is 15.4 Å². The van der Waals surface area contributed by atoms with Crippen LogP contribution in [0.25, 0.3) is 0 Å². The molecule has 1 aliphatic carbocycles. The summed E-state index contributed by atoms with van der Waals surface area (Å²) in [5.74, 6) is 0.387. The molecule has 0 saturated heterocycles. The third kappa shape index (κ3) is 4.72. The van der Waals surface area contributed by atoms with Gasteiger partial charge in [0.2, 0.25) is 0 Å². The van der Waals surface area contributed by atoms with Crippen LogP contribution in [0.15, 0.2) is 22.7 Å². The summed E-state index contributed by atoms with van der Waals surface area (Å²) in [5, 5.41) is 16.0. The molecule has 0 unspecified atom stereocenters. The van der Waals surface area contributed by atoms with Crippen LogP contribution in [-0.2, 0) is 12.8 Å². The van der Waals surface area contributed by atoms with Gasteiger partial charge in [-0.25, -0.2) is 0 Å². The number of nitriles is 1. The Morgan fingerprint density at radius 1 is 1.43 bits per heavy atom. The molecule has 2 aromatic rings. The molecule has 1 aliphatic rings. The number of hydrogen-bond acceptors (Lipinski definition) is 5. The van der Waals surface area contributed by atoms with Crippen molar-refractivity contribution in [1.29, 1.82) is 5.26 Å². The topological polar surface area (TPSA) is 74.2 Å². The fraction of sp³-hybridized carbons (Fsp3) is 0.350. The van der Waals surface area contributed by atoms with E-state index in [2.05, 4.69) is 39.6 Å². The molecule has 5 nitrogen and oxygen atoms in total. The van der Waals surface area contributed by atoms with Crippen LogP contribution in [0.2, 0.25) is 0 Å². The maximum Gasteiger partial charge on any atom is 0.257 e. The van der Waals surface area contributed by atoms with Gasteiger partial charge in [-0.2, -0.15) is 5.26 Å². The van der Waals surface area contributed by atoms with E-state index in [4.69, 9.17) is 17.0 Å². The molecule has 28 heavy (non-hydrogen) atoms. The van der Waals surface area contributed by atoms with Crippen molar-refractivity contribution < 1.29 is 9.53 Å². The number of amides is 1. The van der Waals surface area contributed by atoms with Gasteiger partial charge < -0.3 is 10.1 Å². The second kappa shape index (κ2) is 9.50. The lowest BCUT2D eigenvalue weighted by Crippen LogP contribution is -2.34. The van der Waals surface area contributed by atoms with E-state index in [0.717, 1.165) is 42.1 Å². The number of ether oxygens (including phenoxy) is 1. The average molecular weight is 478 g/mol. The highest BCUT2D eigenvalue weighted by atomic mass is 79.9. The van der Waals surface area contributed by atoms with Gasteiger partial charge in [-0.05, 0) is 77.6 Å². The fourth-order valence-electron chi connectivity index (χ4n) is 3.01. The lowest BCUT2D eigenvalue weighted by molar-refractivity contribution is 0.0977. The molecule has 0 aliphatic heterocycles. The van der Waals surface area contributed by atoms with Crippen molar-refractivity contribution in [1.82, 2.24) is 5.32 Å². The first kappa shape index (κ1) is 20.8. The quantitative estimate of drug-likeness (QED) is 0.442. The molecule has 1 aromatic heterocycles. The number of rotatable bonds is 6. The van der Waals surface area contributed by atoms with Crippen molar-refractivity contribution in [2.75, 3.05) is 11.9 Å². The number of thiocarbonyl (C=S) groups is 1. The number of nitrogens with one attached hydrogen (secondary N) is 2. The maximum absolute atomic E-state index is 12.5. The minimum absolute atomic E-state index is 0.181. The SMILES string of the molecule is CCCCOc1ccc(C(=O)NC(=S)Nc2sc3c(c2C#N)CCC3)cc1Br. The minimum atomic E-state index is -0.319. The molecule has 0 spiro atoms. The van der Waals surface area contributed by atoms with Crippen molar-refractivity contribution >= 4 is 55.5 Å². The summed E-state index contributed by atoms with van der Waals surface area (Å²) in [5.41, 5.74) is 2.23. The van der Waals surface area contributed by atoms with E-state index in [1.54, 1.807) is 29.5 Å². The Hall–Kier alpha value is -1.95. The normalized spacial score (nSPS) is 12.2. The van der Waals surface area contributed by atoms with Crippen LogP contribution in [0.1, 0.15) is 52.5 Å². The lowest BCUT2D eigenvalue weighted by Gasteiger charge is -2.11. The predicted octanol–water partition coefficient (Wildman–Crippen LogP) is 5.18. The number of hydrogen-bond donors (Lipinski definition) is 2. The standard InChI is InChI=1S/C20H20BrN3O2S2/c1-2-3-9-26-16-8-7-12(10-15(16)21)18(25)23-20(27)24-19-14(11-22)13-5-4-6-17(13)28-19/h7-8,10H,2-6,9H2,1H3,(H2,23,24,25,27). The van der Waals surface area contributed by atoms with E-state index in [1.165, 1.54) is 4.88 Å². The molecule has 1 heterocycles. The van der Waals surface area contributed by atoms with Crippen molar-refractivity contribution in [2.24, 2.45) is 0 Å². The molecule has 0 bridgehead atoms. The monoisotopic (exact) mass is 477 g/mol. The van der Waals surface area contributed by atoms with Gasteiger partial charge in [0, 0.05) is 10.4 Å². The highest BCUT2D eigenvalue weighted by molar-refractivity contribution is 9.10. The summed E-state index contributed by atoms with van der Waals surface area (Å²) in [4.78, 5) is 13.7. The van der Waals surface area contributed by atoms with E-state index in [9.17, 15) is 10.1 Å². The van der Waals surface area contributed by atoms with Crippen molar-refractivity contribution in [3.63, 3.8) is 0 Å². The van der Waals surface area contributed by atoms with Gasteiger partial charge in [0.1, 0.15) is 16.8 Å². The highest BCUT2D eigenvalue weighted by Crippen LogP contribution is 2.38. The first-order valence-electron chi connectivity index (χ1n) is 9.12. The predicted molar refractivity (Wildman–Crippen MR) is 119 cm³/mol. The molecule has 0 saturated carbocycles. The number of fused-ring (bicyclic) bond motifs is 1. The summed E-state index contributed by atoms with van der Waals surface area (Å²) < 4.78 is 6.40. The van der Waals surface area contributed by atoms with E-state index in [1.807, 2.05) is 0 Å². The summed E-state index contributed by atoms with van der Waals surface area (Å²) in [7, 11) is 0. The Bertz CT molecular complexity index is 950. The van der Waals surface area contributed by atoms with Gasteiger partial charge in [-0.3, -0.25) is 10.1 Å². The average Bonchev–Trinajstić information content (AvgIpc) is 3.23. The van der Waals surface area contributed by atoms with Gasteiger partial charge in [0.15, 0.2) is 5.11 Å². The Morgan fingerprint density at radius 3 is 2.96 bits per heavy atom. The smallest absolute Gasteiger partial charge is 0.257 e. The molecule has 8 heteroatoms. The van der Waals surface area contributed by atoms with Gasteiger partial charge in [0.25, 0.3) is 5.91 Å². The first-order valence-corrected chi connectivity index (χ1v) is 11.1. The lowest BCUT2D eigenvalue weighted by atomic mass is 10.1. The van der Waals surface area contributed by atoms with E-state index in [-0.39, 0.29) is 11.0 Å². The highest BCUT2D eigenvalue weighted by Gasteiger charge is 2.23. The van der Waals surface area contributed by atoms with Gasteiger partial charge in [-0.1, -0.05) is 13.3 Å². The minimum Gasteiger partial charge on any atom is -0.492 e. The van der Waals surface area contributed by atoms with Crippen molar-refractivity contribution in [3.8, 4) is 11.8 Å². The Labute approximate surface area is 182 Å². The summed E-state index contributed by atoms with van der Waals surface area (Å²) >= 11 is 10.3. The number of halogens is 1. The Morgan fingerprint density at radius 2 is 2.25 bits per heavy atom. The molecule has 2 N–H and O–H groups in total. The molecule has 0 atom stereocenters. The van der Waals surface area contributed by atoms with E-state index in [0.29, 0.717) is 28.5 Å². The number of unbranched alkanes of at least 4 members (excludes halogenated alkanes) is 1. The molecule has 3 rings (SSSR count). The van der Waals surface area contributed by atoms with Crippen molar-refractivity contribution in [3.05, 3.63) is 44.2 Å². The summed E-state index contributed by atoms with van der Waals surface area (Å²) in [6.07, 6.45) is 5.05. The van der Waals surface area contributed by atoms with Crippen LogP contribution in [0.3, 0.4) is 0 Å². The molecular formula is C20H20BrN3O2S2. The van der Waals surface area contributed by atoms with Crippen LogP contribution in [0.5, 0.6) is 5.75 Å². The number of carbonyl (C=O) groups is 1. The second-order valence-electron chi connectivity index (χ2n) is 6.43. The third-order valence-corrected chi connectivity index (χ3v) is 6.47. The zero-order chi connectivity index (χ0) is 20.1. The molecule has 0 radical (unpaired) electrons. The zero-order valence-electron chi connectivity index (χ0n) is 15.4. The van der Waals surface area contributed by atoms with Crippen LogP contribution in [-0.4, -0.2) is 17.6 Å². The summed E-state index contributed by atoms with van der Waals surface area (Å²) in [6, 6.07) is 7.43. The van der Waals surface area contributed by atoms with E-state index >= 15 is 0 Å². The number of nitrogens with zero attached hydrogens (tertiary/aromatic N) is 1.